The molecule has 0 aromatic carbocycles. The number of amides is 1. The second-order valence-electron chi connectivity index (χ2n) is 8.93. The zero-order valence-electron chi connectivity index (χ0n) is 18.1. The second-order valence-corrected chi connectivity index (χ2v) is 8.93. The molecule has 7 heteroatoms. The minimum Gasteiger partial charge on any atom is -0.477 e. The van der Waals surface area contributed by atoms with Crippen molar-refractivity contribution in [1.82, 2.24) is 20.5 Å². The Morgan fingerprint density at radius 1 is 1.23 bits per heavy atom. The van der Waals surface area contributed by atoms with Gasteiger partial charge in [-0.15, -0.1) is 0 Å². The van der Waals surface area contributed by atoms with Gasteiger partial charge in [-0.25, -0.2) is 4.98 Å². The van der Waals surface area contributed by atoms with Crippen LogP contribution in [0.4, 0.5) is 0 Å². The first kappa shape index (κ1) is 20.9. The first-order valence-corrected chi connectivity index (χ1v) is 11.5. The van der Waals surface area contributed by atoms with E-state index in [-0.39, 0.29) is 12.0 Å². The normalized spacial score (nSPS) is 22.8. The summed E-state index contributed by atoms with van der Waals surface area (Å²) in [5.41, 5.74) is 1.11. The van der Waals surface area contributed by atoms with Gasteiger partial charge in [0.25, 0.3) is 0 Å². The second kappa shape index (κ2) is 10.1. The number of aromatic nitrogens is 1. The van der Waals surface area contributed by atoms with Gasteiger partial charge in [-0.2, -0.15) is 0 Å². The fraction of sp³-hybridized carbons (Fsp3) is 0.696. The molecule has 1 atom stereocenters. The summed E-state index contributed by atoms with van der Waals surface area (Å²) in [6, 6.07) is 4.23. The van der Waals surface area contributed by atoms with E-state index >= 15 is 0 Å². The molecular weight excluding hydrogens is 378 g/mol. The van der Waals surface area contributed by atoms with Crippen molar-refractivity contribution in [3.8, 4) is 5.88 Å². The summed E-state index contributed by atoms with van der Waals surface area (Å²) in [6.07, 6.45) is 11.1. The molecule has 1 aromatic heterocycles. The topological polar surface area (TPSA) is 78.9 Å². The molecule has 2 heterocycles. The Kier molecular flexibility index (Phi) is 7.07. The largest absolute Gasteiger partial charge is 0.477 e. The van der Waals surface area contributed by atoms with E-state index in [2.05, 4.69) is 20.6 Å². The van der Waals surface area contributed by atoms with Crippen molar-refractivity contribution in [2.24, 2.45) is 16.8 Å². The van der Waals surface area contributed by atoms with Gasteiger partial charge in [0, 0.05) is 50.9 Å². The number of hydrogen-bond donors (Lipinski definition) is 2. The predicted molar refractivity (Wildman–Crippen MR) is 117 cm³/mol. The van der Waals surface area contributed by atoms with Crippen molar-refractivity contribution in [1.29, 1.82) is 0 Å². The molecule has 4 rings (SSSR count). The van der Waals surface area contributed by atoms with Crippen molar-refractivity contribution in [2.75, 3.05) is 26.7 Å². The van der Waals surface area contributed by atoms with E-state index in [1.165, 1.54) is 32.1 Å². The van der Waals surface area contributed by atoms with Crippen LogP contribution in [0.5, 0.6) is 5.88 Å². The van der Waals surface area contributed by atoms with Crippen LogP contribution in [0.15, 0.2) is 23.3 Å². The first-order chi connectivity index (χ1) is 14.7. The van der Waals surface area contributed by atoms with Crippen molar-refractivity contribution >= 4 is 11.9 Å². The molecule has 30 heavy (non-hydrogen) atoms. The summed E-state index contributed by atoms with van der Waals surface area (Å²) in [7, 11) is 1.78. The Morgan fingerprint density at radius 2 is 2.07 bits per heavy atom. The van der Waals surface area contributed by atoms with Gasteiger partial charge < -0.3 is 20.3 Å². The van der Waals surface area contributed by atoms with E-state index in [9.17, 15) is 4.79 Å². The fourth-order valence-corrected chi connectivity index (χ4v) is 4.39. The van der Waals surface area contributed by atoms with Gasteiger partial charge in [0.05, 0.1) is 6.61 Å². The number of likely N-dealkylation sites (tertiary alicyclic amines) is 1. The van der Waals surface area contributed by atoms with Gasteiger partial charge in [-0.3, -0.25) is 9.79 Å². The number of nitrogens with zero attached hydrogens (tertiary/aromatic N) is 3. The number of aliphatic imine (C=N–C) groups is 1. The van der Waals surface area contributed by atoms with E-state index in [1.807, 2.05) is 17.0 Å². The minimum absolute atomic E-state index is 0.248. The number of carbonyl (C=O) groups excluding carboxylic acids is 1. The van der Waals surface area contributed by atoms with Crippen LogP contribution in [0, 0.1) is 11.8 Å². The summed E-state index contributed by atoms with van der Waals surface area (Å²) in [5.74, 6) is 2.78. The SMILES string of the molecule is CN=C(NCc1ccnc(OCC2CC2)c1)NC1CCN(C(=O)C2CCCCC2)C1. The van der Waals surface area contributed by atoms with Crippen LogP contribution in [0.1, 0.15) is 56.9 Å². The molecule has 1 unspecified atom stereocenters. The van der Waals surface area contributed by atoms with Gasteiger partial charge in [-0.05, 0) is 49.7 Å². The maximum absolute atomic E-state index is 12.8. The average molecular weight is 414 g/mol. The summed E-state index contributed by atoms with van der Waals surface area (Å²) < 4.78 is 5.77. The Balaban J connectivity index is 1.22. The number of nitrogens with one attached hydrogen (secondary N) is 2. The molecule has 2 aliphatic carbocycles. The molecule has 3 aliphatic rings. The number of pyridine rings is 1. The smallest absolute Gasteiger partial charge is 0.225 e. The van der Waals surface area contributed by atoms with Crippen LogP contribution in [0.3, 0.4) is 0 Å². The monoisotopic (exact) mass is 413 g/mol. The van der Waals surface area contributed by atoms with Crippen molar-refractivity contribution in [2.45, 2.75) is 64.0 Å². The Morgan fingerprint density at radius 3 is 2.83 bits per heavy atom. The number of ether oxygens (including phenoxy) is 1. The van der Waals surface area contributed by atoms with Crippen LogP contribution < -0.4 is 15.4 Å². The van der Waals surface area contributed by atoms with Gasteiger partial charge in [0.2, 0.25) is 11.8 Å². The van der Waals surface area contributed by atoms with E-state index in [0.29, 0.717) is 24.2 Å². The lowest BCUT2D eigenvalue weighted by atomic mass is 9.88. The molecule has 2 N–H and O–H groups in total. The van der Waals surface area contributed by atoms with E-state index in [1.54, 1.807) is 13.2 Å². The average Bonchev–Trinajstić information content (AvgIpc) is 3.51. The van der Waals surface area contributed by atoms with Crippen LogP contribution in [0.2, 0.25) is 0 Å². The van der Waals surface area contributed by atoms with Crippen LogP contribution in [0.25, 0.3) is 0 Å². The van der Waals surface area contributed by atoms with Gasteiger partial charge in [0.15, 0.2) is 5.96 Å². The third kappa shape index (κ3) is 5.86. The molecule has 1 amide bonds. The van der Waals surface area contributed by atoms with Crippen LogP contribution >= 0.6 is 0 Å². The highest BCUT2D eigenvalue weighted by molar-refractivity contribution is 5.81. The summed E-state index contributed by atoms with van der Waals surface area (Å²) >= 11 is 0. The Bertz CT molecular complexity index is 743. The van der Waals surface area contributed by atoms with Crippen molar-refractivity contribution in [3.63, 3.8) is 0 Å². The zero-order chi connectivity index (χ0) is 20.8. The Labute approximate surface area is 179 Å². The summed E-state index contributed by atoms with van der Waals surface area (Å²) in [4.78, 5) is 23.5. The molecule has 1 aliphatic heterocycles. The van der Waals surface area contributed by atoms with Crippen molar-refractivity contribution in [3.05, 3.63) is 23.9 Å². The highest BCUT2D eigenvalue weighted by Crippen LogP contribution is 2.29. The molecule has 1 saturated heterocycles. The molecule has 164 valence electrons. The number of carbonyl (C=O) groups is 1. The summed E-state index contributed by atoms with van der Waals surface area (Å²) in [5, 5.41) is 6.86. The maximum atomic E-state index is 12.8. The number of rotatable bonds is 7. The van der Waals surface area contributed by atoms with E-state index in [4.69, 9.17) is 4.74 Å². The standard InChI is InChI=1S/C23H35N5O2/c1-24-23(26-14-18-9-11-25-21(13-18)30-16-17-7-8-17)27-20-10-12-28(15-20)22(29)19-5-3-2-4-6-19/h9,11,13,17,19-20H,2-8,10,12,14-16H2,1H3,(H2,24,26,27). The highest BCUT2D eigenvalue weighted by Gasteiger charge is 2.31. The lowest BCUT2D eigenvalue weighted by Gasteiger charge is -2.26. The lowest BCUT2D eigenvalue weighted by molar-refractivity contribution is -0.135. The third-order valence-corrected chi connectivity index (χ3v) is 6.44. The molecule has 3 fully saturated rings. The van der Waals surface area contributed by atoms with E-state index < -0.39 is 0 Å². The molecule has 7 nitrogen and oxygen atoms in total. The molecule has 0 radical (unpaired) electrons. The molecular formula is C23H35N5O2. The minimum atomic E-state index is 0.248. The van der Waals surface area contributed by atoms with Crippen molar-refractivity contribution < 1.29 is 9.53 Å². The maximum Gasteiger partial charge on any atom is 0.225 e. The predicted octanol–water partition coefficient (Wildman–Crippen LogP) is 2.72. The first-order valence-electron chi connectivity index (χ1n) is 11.5. The third-order valence-electron chi connectivity index (χ3n) is 6.44. The number of guanidine groups is 1. The van der Waals surface area contributed by atoms with Gasteiger partial charge >= 0.3 is 0 Å². The van der Waals surface area contributed by atoms with Gasteiger partial charge in [-0.1, -0.05) is 19.3 Å². The van der Waals surface area contributed by atoms with Crippen LogP contribution in [-0.2, 0) is 11.3 Å². The molecule has 1 aromatic rings. The number of hydrogen-bond acceptors (Lipinski definition) is 4. The molecule has 2 saturated carbocycles. The molecule has 0 bridgehead atoms. The lowest BCUT2D eigenvalue weighted by Crippen LogP contribution is -2.45. The highest BCUT2D eigenvalue weighted by atomic mass is 16.5. The zero-order valence-corrected chi connectivity index (χ0v) is 18.1. The molecule has 0 spiro atoms. The quantitative estimate of drug-likeness (QED) is 0.531. The summed E-state index contributed by atoms with van der Waals surface area (Å²) in [6.45, 7) is 3.03. The fourth-order valence-electron chi connectivity index (χ4n) is 4.39. The Hall–Kier alpha value is -2.31. The van der Waals surface area contributed by atoms with Gasteiger partial charge in [0.1, 0.15) is 0 Å². The van der Waals surface area contributed by atoms with Crippen LogP contribution in [-0.4, -0.2) is 54.5 Å². The van der Waals surface area contributed by atoms with E-state index in [0.717, 1.165) is 50.5 Å².